The first kappa shape index (κ1) is 17.1. The average Bonchev–Trinajstić information content (AvgIpc) is 2.60. The lowest BCUT2D eigenvalue weighted by Crippen LogP contribution is -2.17. The number of hydrogen-bond acceptors (Lipinski definition) is 6. The van der Waals surface area contributed by atoms with E-state index in [9.17, 15) is 4.79 Å². The first-order valence-electron chi connectivity index (χ1n) is 7.08. The summed E-state index contributed by atoms with van der Waals surface area (Å²) in [4.78, 5) is 12.0. The minimum absolute atomic E-state index is 0.356. The molecule has 0 saturated heterocycles. The largest absolute Gasteiger partial charge is 0.493 e. The Morgan fingerprint density at radius 1 is 1.08 bits per heavy atom. The number of anilines is 1. The van der Waals surface area contributed by atoms with Gasteiger partial charge >= 0.3 is 0 Å². The van der Waals surface area contributed by atoms with Crippen LogP contribution < -0.4 is 25.4 Å². The van der Waals surface area contributed by atoms with Gasteiger partial charge in [-0.1, -0.05) is 6.07 Å². The molecule has 0 saturated carbocycles. The van der Waals surface area contributed by atoms with Gasteiger partial charge in [0, 0.05) is 16.8 Å². The van der Waals surface area contributed by atoms with Crippen LogP contribution >= 0.6 is 0 Å². The molecule has 1 amide bonds. The van der Waals surface area contributed by atoms with Crippen LogP contribution in [0.3, 0.4) is 0 Å². The van der Waals surface area contributed by atoms with E-state index < -0.39 is 0 Å². The highest BCUT2D eigenvalue weighted by molar-refractivity contribution is 5.95. The van der Waals surface area contributed by atoms with Gasteiger partial charge in [-0.3, -0.25) is 4.79 Å². The van der Waals surface area contributed by atoms with Gasteiger partial charge in [-0.25, -0.2) is 5.43 Å². The Kier molecular flexibility index (Phi) is 5.62. The molecule has 0 radical (unpaired) electrons. The molecule has 0 aliphatic carbocycles. The number of hydrogen-bond donors (Lipinski definition) is 2. The molecule has 0 fully saturated rings. The molecule has 0 aromatic heterocycles. The summed E-state index contributed by atoms with van der Waals surface area (Å²) in [5.41, 5.74) is 9.71. The number of ether oxygens (including phenoxy) is 3. The van der Waals surface area contributed by atoms with Gasteiger partial charge in [0.2, 0.25) is 5.75 Å². The standard InChI is InChI=1S/C17H19N3O4/c1-22-14-7-11(8-15(23-2)16(14)24-3)10-19-20-17(21)12-5-4-6-13(18)9-12/h4-10H,18H2,1-3H3,(H,20,21)/b19-10-. The van der Waals surface area contributed by atoms with E-state index in [1.807, 2.05) is 0 Å². The number of nitrogens with one attached hydrogen (secondary N) is 1. The Bertz CT molecular complexity index is 734. The van der Waals surface area contributed by atoms with Crippen LogP contribution in [0.1, 0.15) is 15.9 Å². The lowest BCUT2D eigenvalue weighted by Gasteiger charge is -2.12. The van der Waals surface area contributed by atoms with Crippen LogP contribution in [-0.4, -0.2) is 33.5 Å². The summed E-state index contributed by atoms with van der Waals surface area (Å²) in [7, 11) is 4.58. The van der Waals surface area contributed by atoms with Crippen molar-refractivity contribution >= 4 is 17.8 Å². The van der Waals surface area contributed by atoms with Gasteiger partial charge in [-0.15, -0.1) is 0 Å². The first-order valence-corrected chi connectivity index (χ1v) is 7.08. The second-order valence-electron chi connectivity index (χ2n) is 4.78. The van der Waals surface area contributed by atoms with Crippen molar-refractivity contribution in [2.45, 2.75) is 0 Å². The van der Waals surface area contributed by atoms with Crippen molar-refractivity contribution in [2.75, 3.05) is 27.1 Å². The number of nitrogens with zero attached hydrogens (tertiary/aromatic N) is 1. The molecule has 3 N–H and O–H groups in total. The zero-order valence-electron chi connectivity index (χ0n) is 13.7. The Morgan fingerprint density at radius 3 is 2.29 bits per heavy atom. The molecule has 0 aliphatic rings. The zero-order chi connectivity index (χ0) is 17.5. The quantitative estimate of drug-likeness (QED) is 0.480. The number of methoxy groups -OCH3 is 3. The van der Waals surface area contributed by atoms with Crippen molar-refractivity contribution in [3.05, 3.63) is 47.5 Å². The van der Waals surface area contributed by atoms with Gasteiger partial charge in [0.25, 0.3) is 5.91 Å². The van der Waals surface area contributed by atoms with E-state index in [1.165, 1.54) is 27.5 Å². The fraction of sp³-hybridized carbons (Fsp3) is 0.176. The molecule has 0 aliphatic heterocycles. The number of carbonyl (C=O) groups is 1. The Labute approximate surface area is 140 Å². The second kappa shape index (κ2) is 7.87. The normalized spacial score (nSPS) is 10.5. The van der Waals surface area contributed by atoms with Crippen LogP contribution in [0.25, 0.3) is 0 Å². The lowest BCUT2D eigenvalue weighted by atomic mass is 10.2. The lowest BCUT2D eigenvalue weighted by molar-refractivity contribution is 0.0955. The first-order chi connectivity index (χ1) is 11.6. The minimum atomic E-state index is -0.356. The maximum absolute atomic E-state index is 12.0. The van der Waals surface area contributed by atoms with Crippen LogP contribution in [0, 0.1) is 0 Å². The molecule has 0 heterocycles. The predicted molar refractivity (Wildman–Crippen MR) is 92.0 cm³/mol. The van der Waals surface area contributed by atoms with E-state index >= 15 is 0 Å². The van der Waals surface area contributed by atoms with Gasteiger partial charge in [0.1, 0.15) is 0 Å². The molecule has 7 heteroatoms. The van der Waals surface area contributed by atoms with Gasteiger partial charge in [-0.05, 0) is 30.3 Å². The third-order valence-corrected chi connectivity index (χ3v) is 3.22. The van der Waals surface area contributed by atoms with E-state index in [-0.39, 0.29) is 5.91 Å². The molecule has 126 valence electrons. The van der Waals surface area contributed by atoms with E-state index in [0.717, 1.165) is 0 Å². The molecular formula is C17H19N3O4. The summed E-state index contributed by atoms with van der Waals surface area (Å²) in [6.45, 7) is 0. The topological polar surface area (TPSA) is 95.2 Å². The van der Waals surface area contributed by atoms with Crippen molar-refractivity contribution < 1.29 is 19.0 Å². The molecule has 24 heavy (non-hydrogen) atoms. The fourth-order valence-electron chi connectivity index (χ4n) is 2.09. The van der Waals surface area contributed by atoms with Crippen molar-refractivity contribution in [1.29, 1.82) is 0 Å². The molecule has 2 aromatic carbocycles. The Hall–Kier alpha value is -3.22. The summed E-state index contributed by atoms with van der Waals surface area (Å²) in [6, 6.07) is 10.1. The number of benzene rings is 2. The molecule has 0 unspecified atom stereocenters. The summed E-state index contributed by atoms with van der Waals surface area (Å²) >= 11 is 0. The monoisotopic (exact) mass is 329 g/mol. The van der Waals surface area contributed by atoms with Crippen molar-refractivity contribution in [2.24, 2.45) is 5.10 Å². The summed E-state index contributed by atoms with van der Waals surface area (Å²) in [6.07, 6.45) is 1.48. The molecule has 0 bridgehead atoms. The number of rotatable bonds is 6. The highest BCUT2D eigenvalue weighted by Gasteiger charge is 2.12. The average molecular weight is 329 g/mol. The molecule has 7 nitrogen and oxygen atoms in total. The van der Waals surface area contributed by atoms with Gasteiger partial charge in [0.05, 0.1) is 27.5 Å². The van der Waals surface area contributed by atoms with Crippen molar-refractivity contribution in [3.63, 3.8) is 0 Å². The van der Waals surface area contributed by atoms with Crippen LogP contribution in [0.4, 0.5) is 5.69 Å². The highest BCUT2D eigenvalue weighted by atomic mass is 16.5. The number of amides is 1. The number of carbonyl (C=O) groups excluding carboxylic acids is 1. The molecule has 2 aromatic rings. The third kappa shape index (κ3) is 3.95. The molecule has 0 spiro atoms. The third-order valence-electron chi connectivity index (χ3n) is 3.22. The summed E-state index contributed by atoms with van der Waals surface area (Å²) in [5.74, 6) is 1.13. The minimum Gasteiger partial charge on any atom is -0.493 e. The van der Waals surface area contributed by atoms with E-state index in [0.29, 0.717) is 34.1 Å². The maximum atomic E-state index is 12.0. The van der Waals surface area contributed by atoms with E-state index in [4.69, 9.17) is 19.9 Å². The molecular weight excluding hydrogens is 310 g/mol. The zero-order valence-corrected chi connectivity index (χ0v) is 13.7. The fourth-order valence-corrected chi connectivity index (χ4v) is 2.09. The smallest absolute Gasteiger partial charge is 0.271 e. The second-order valence-corrected chi connectivity index (χ2v) is 4.78. The van der Waals surface area contributed by atoms with E-state index in [2.05, 4.69) is 10.5 Å². The molecule has 2 rings (SSSR count). The van der Waals surface area contributed by atoms with Crippen LogP contribution in [0.2, 0.25) is 0 Å². The van der Waals surface area contributed by atoms with Crippen molar-refractivity contribution in [1.82, 2.24) is 5.43 Å². The predicted octanol–water partition coefficient (Wildman–Crippen LogP) is 2.06. The maximum Gasteiger partial charge on any atom is 0.271 e. The number of nitrogens with two attached hydrogens (primary N) is 1. The Balaban J connectivity index is 2.15. The van der Waals surface area contributed by atoms with Gasteiger partial charge in [-0.2, -0.15) is 5.10 Å². The van der Waals surface area contributed by atoms with Crippen LogP contribution in [0.15, 0.2) is 41.5 Å². The molecule has 0 atom stereocenters. The van der Waals surface area contributed by atoms with Gasteiger partial charge < -0.3 is 19.9 Å². The van der Waals surface area contributed by atoms with Crippen molar-refractivity contribution in [3.8, 4) is 17.2 Å². The Morgan fingerprint density at radius 2 is 1.75 bits per heavy atom. The van der Waals surface area contributed by atoms with E-state index in [1.54, 1.807) is 36.4 Å². The SMILES string of the molecule is COc1cc(/C=N\NC(=O)c2cccc(N)c2)cc(OC)c1OC. The van der Waals surface area contributed by atoms with Crippen LogP contribution in [-0.2, 0) is 0 Å². The summed E-state index contributed by atoms with van der Waals surface area (Å²) < 4.78 is 15.8. The van der Waals surface area contributed by atoms with Crippen LogP contribution in [0.5, 0.6) is 17.2 Å². The number of nitrogen functional groups attached to an aromatic ring is 1. The highest BCUT2D eigenvalue weighted by Crippen LogP contribution is 2.37. The van der Waals surface area contributed by atoms with Gasteiger partial charge in [0.15, 0.2) is 11.5 Å². The number of hydrazone groups is 1. The summed E-state index contributed by atoms with van der Waals surface area (Å²) in [5, 5.41) is 3.94.